The Bertz CT molecular complexity index is 306. The van der Waals surface area contributed by atoms with Crippen LogP contribution in [0, 0.1) is 12.3 Å². The van der Waals surface area contributed by atoms with Gasteiger partial charge in [0.1, 0.15) is 0 Å². The smallest absolute Gasteiger partial charge is 0.192 e. The van der Waals surface area contributed by atoms with Crippen molar-refractivity contribution in [3.05, 3.63) is 0 Å². The number of terminal acetylenes is 1. The van der Waals surface area contributed by atoms with Gasteiger partial charge < -0.3 is 15.4 Å². The van der Waals surface area contributed by atoms with E-state index in [-0.39, 0.29) is 4.75 Å². The van der Waals surface area contributed by atoms with Crippen molar-refractivity contribution in [2.24, 2.45) is 4.99 Å². The van der Waals surface area contributed by atoms with E-state index in [0.29, 0.717) is 6.54 Å². The van der Waals surface area contributed by atoms with E-state index in [1.807, 2.05) is 18.7 Å². The first-order valence-electron chi connectivity index (χ1n) is 6.35. The lowest BCUT2D eigenvalue weighted by Gasteiger charge is -2.34. The minimum atomic E-state index is 0.219. The van der Waals surface area contributed by atoms with Gasteiger partial charge in [-0.25, -0.2) is 0 Å². The summed E-state index contributed by atoms with van der Waals surface area (Å²) in [5.41, 5.74) is 0. The number of ether oxygens (including phenoxy) is 1. The topological polar surface area (TPSA) is 45.7 Å². The molecule has 102 valence electrons. The van der Waals surface area contributed by atoms with Gasteiger partial charge in [-0.15, -0.1) is 6.42 Å². The molecule has 2 N–H and O–H groups in total. The van der Waals surface area contributed by atoms with Crippen molar-refractivity contribution in [3.8, 4) is 12.3 Å². The van der Waals surface area contributed by atoms with Crippen molar-refractivity contribution in [2.45, 2.75) is 24.5 Å². The second-order valence-electron chi connectivity index (χ2n) is 4.25. The Morgan fingerprint density at radius 2 is 2.17 bits per heavy atom. The lowest BCUT2D eigenvalue weighted by atomic mass is 9.99. The van der Waals surface area contributed by atoms with Gasteiger partial charge in [-0.1, -0.05) is 5.92 Å². The summed E-state index contributed by atoms with van der Waals surface area (Å²) in [4.78, 5) is 4.64. The summed E-state index contributed by atoms with van der Waals surface area (Å²) in [6.07, 6.45) is 9.53. The van der Waals surface area contributed by atoms with E-state index in [1.54, 1.807) is 0 Å². The Morgan fingerprint density at radius 3 is 2.72 bits per heavy atom. The molecule has 0 atom stereocenters. The van der Waals surface area contributed by atoms with Crippen LogP contribution in [0.1, 0.15) is 19.8 Å². The predicted molar refractivity (Wildman–Crippen MR) is 79.1 cm³/mol. The van der Waals surface area contributed by atoms with Crippen LogP contribution in [0.2, 0.25) is 0 Å². The Hall–Kier alpha value is -0.860. The SMILES string of the molecule is C#CCNC(=NCC1(SC)CCOCC1)NCC. The third-order valence-corrected chi connectivity index (χ3v) is 4.47. The molecule has 1 heterocycles. The highest BCUT2D eigenvalue weighted by Crippen LogP contribution is 2.33. The van der Waals surface area contributed by atoms with Crippen molar-refractivity contribution >= 4 is 17.7 Å². The number of hydrogen-bond acceptors (Lipinski definition) is 3. The van der Waals surface area contributed by atoms with Crippen LogP contribution >= 0.6 is 11.8 Å². The first kappa shape index (κ1) is 15.2. The standard InChI is InChI=1S/C13H23N3OS/c1-4-8-15-12(14-5-2)16-11-13(18-3)6-9-17-10-7-13/h1H,5-11H2,2-3H3,(H2,14,15,16). The average molecular weight is 269 g/mol. The quantitative estimate of drug-likeness (QED) is 0.445. The summed E-state index contributed by atoms with van der Waals surface area (Å²) >= 11 is 1.89. The van der Waals surface area contributed by atoms with Gasteiger partial charge in [0.25, 0.3) is 0 Å². The van der Waals surface area contributed by atoms with Gasteiger partial charge in [-0.05, 0) is 26.0 Å². The van der Waals surface area contributed by atoms with Crippen LogP contribution in [0.4, 0.5) is 0 Å². The van der Waals surface area contributed by atoms with Crippen LogP contribution in [0.5, 0.6) is 0 Å². The van der Waals surface area contributed by atoms with E-state index in [9.17, 15) is 0 Å². The van der Waals surface area contributed by atoms with Gasteiger partial charge in [0.2, 0.25) is 0 Å². The number of hydrogen-bond donors (Lipinski definition) is 2. The number of guanidine groups is 1. The molecule has 18 heavy (non-hydrogen) atoms. The number of rotatable bonds is 5. The zero-order valence-electron chi connectivity index (χ0n) is 11.3. The second kappa shape index (κ2) is 8.28. The molecule has 0 aromatic rings. The number of nitrogens with one attached hydrogen (secondary N) is 2. The number of nitrogens with zero attached hydrogens (tertiary/aromatic N) is 1. The minimum Gasteiger partial charge on any atom is -0.381 e. The first-order valence-corrected chi connectivity index (χ1v) is 7.57. The largest absolute Gasteiger partial charge is 0.381 e. The molecule has 1 aliphatic rings. The second-order valence-corrected chi connectivity index (χ2v) is 5.53. The van der Waals surface area contributed by atoms with E-state index in [2.05, 4.69) is 27.8 Å². The third kappa shape index (κ3) is 4.79. The molecular formula is C13H23N3OS. The average Bonchev–Trinajstić information content (AvgIpc) is 2.43. The maximum absolute atomic E-state index is 5.43. The van der Waals surface area contributed by atoms with E-state index >= 15 is 0 Å². The Labute approximate surface area is 114 Å². The highest BCUT2D eigenvalue weighted by molar-refractivity contribution is 8.00. The Morgan fingerprint density at radius 1 is 1.44 bits per heavy atom. The van der Waals surface area contributed by atoms with Crippen molar-refractivity contribution in [1.82, 2.24) is 10.6 Å². The lowest BCUT2D eigenvalue weighted by Crippen LogP contribution is -2.41. The molecule has 0 aromatic carbocycles. The summed E-state index contributed by atoms with van der Waals surface area (Å²) in [6, 6.07) is 0. The summed E-state index contributed by atoms with van der Waals surface area (Å²) < 4.78 is 5.65. The van der Waals surface area contributed by atoms with Gasteiger partial charge in [0, 0.05) is 24.5 Å². The summed E-state index contributed by atoms with van der Waals surface area (Å²) in [5.74, 6) is 3.36. The highest BCUT2D eigenvalue weighted by Gasteiger charge is 2.31. The van der Waals surface area contributed by atoms with E-state index in [1.165, 1.54) is 0 Å². The molecule has 0 unspecified atom stereocenters. The summed E-state index contributed by atoms with van der Waals surface area (Å²) in [6.45, 7) is 5.87. The maximum atomic E-state index is 5.43. The van der Waals surface area contributed by atoms with Crippen molar-refractivity contribution in [2.75, 3.05) is 39.1 Å². The zero-order valence-corrected chi connectivity index (χ0v) is 12.1. The van der Waals surface area contributed by atoms with E-state index < -0.39 is 0 Å². The molecule has 0 aliphatic carbocycles. The maximum Gasteiger partial charge on any atom is 0.192 e. The molecule has 0 radical (unpaired) electrons. The molecular weight excluding hydrogens is 246 g/mol. The number of thioether (sulfide) groups is 1. The fourth-order valence-corrected chi connectivity index (χ4v) is 2.64. The van der Waals surface area contributed by atoms with Crippen LogP contribution in [-0.4, -0.2) is 49.8 Å². The lowest BCUT2D eigenvalue weighted by molar-refractivity contribution is 0.0794. The fraction of sp³-hybridized carbons (Fsp3) is 0.769. The summed E-state index contributed by atoms with van der Waals surface area (Å²) in [5, 5.41) is 6.31. The van der Waals surface area contributed by atoms with Gasteiger partial charge in [0.15, 0.2) is 5.96 Å². The van der Waals surface area contributed by atoms with Crippen LogP contribution in [0.15, 0.2) is 4.99 Å². The normalized spacial score (nSPS) is 19.1. The molecule has 5 heteroatoms. The van der Waals surface area contributed by atoms with Crippen LogP contribution in [-0.2, 0) is 4.74 Å². The molecule has 0 aromatic heterocycles. The third-order valence-electron chi connectivity index (χ3n) is 3.06. The number of aliphatic imine (C=N–C) groups is 1. The zero-order chi connectivity index (χ0) is 13.3. The van der Waals surface area contributed by atoms with E-state index in [4.69, 9.17) is 11.2 Å². The van der Waals surface area contributed by atoms with Gasteiger partial charge in [-0.3, -0.25) is 4.99 Å². The Balaban J connectivity index is 2.57. The molecule has 1 aliphatic heterocycles. The first-order chi connectivity index (χ1) is 8.76. The van der Waals surface area contributed by atoms with Gasteiger partial charge in [-0.2, -0.15) is 11.8 Å². The van der Waals surface area contributed by atoms with Crippen molar-refractivity contribution < 1.29 is 4.74 Å². The van der Waals surface area contributed by atoms with Crippen molar-refractivity contribution in [3.63, 3.8) is 0 Å². The van der Waals surface area contributed by atoms with Crippen molar-refractivity contribution in [1.29, 1.82) is 0 Å². The van der Waals surface area contributed by atoms with Gasteiger partial charge >= 0.3 is 0 Å². The molecule has 4 nitrogen and oxygen atoms in total. The van der Waals surface area contributed by atoms with Gasteiger partial charge in [0.05, 0.1) is 13.1 Å². The van der Waals surface area contributed by atoms with Crippen LogP contribution in [0.3, 0.4) is 0 Å². The summed E-state index contributed by atoms with van der Waals surface area (Å²) in [7, 11) is 0. The minimum absolute atomic E-state index is 0.219. The molecule has 0 amide bonds. The molecule has 0 bridgehead atoms. The molecule has 1 saturated heterocycles. The molecule has 0 spiro atoms. The fourth-order valence-electron chi connectivity index (χ4n) is 1.87. The van der Waals surface area contributed by atoms with Crippen LogP contribution in [0.25, 0.3) is 0 Å². The molecule has 1 rings (SSSR count). The molecule has 0 saturated carbocycles. The van der Waals surface area contributed by atoms with Crippen LogP contribution < -0.4 is 10.6 Å². The predicted octanol–water partition coefficient (Wildman–Crippen LogP) is 1.09. The molecule has 1 fully saturated rings. The monoisotopic (exact) mass is 269 g/mol. The van der Waals surface area contributed by atoms with E-state index in [0.717, 1.165) is 45.1 Å². The Kier molecular flexibility index (Phi) is 6.99. The highest BCUT2D eigenvalue weighted by atomic mass is 32.2.